The minimum Gasteiger partial charge on any atom is -0.370 e. The highest BCUT2D eigenvalue weighted by Gasteiger charge is 2.34. The van der Waals surface area contributed by atoms with Crippen LogP contribution in [0.15, 0.2) is 36.5 Å². The fourth-order valence-corrected chi connectivity index (χ4v) is 1.92. The van der Waals surface area contributed by atoms with Crippen molar-refractivity contribution in [2.24, 2.45) is 0 Å². The summed E-state index contributed by atoms with van der Waals surface area (Å²) in [5.41, 5.74) is -0.661. The number of nitrogens with zero attached hydrogens (tertiary/aromatic N) is 2. The van der Waals surface area contributed by atoms with Gasteiger partial charge in [-0.25, -0.2) is 4.68 Å². The van der Waals surface area contributed by atoms with Crippen LogP contribution < -0.4 is 5.32 Å². The summed E-state index contributed by atoms with van der Waals surface area (Å²) < 4.78 is 40.3. The number of alkyl halides is 3. The smallest absolute Gasteiger partial charge is 0.370 e. The first-order valence-corrected chi connectivity index (χ1v) is 6.48. The number of halogens is 3. The molecule has 0 saturated heterocycles. The van der Waals surface area contributed by atoms with Crippen molar-refractivity contribution >= 4 is 5.82 Å². The van der Waals surface area contributed by atoms with E-state index in [0.717, 1.165) is 18.9 Å². The predicted octanol–water partition coefficient (Wildman–Crippen LogP) is 4.10. The van der Waals surface area contributed by atoms with Crippen molar-refractivity contribution in [3.8, 4) is 5.69 Å². The van der Waals surface area contributed by atoms with Crippen molar-refractivity contribution in [3.63, 3.8) is 0 Å². The minimum absolute atomic E-state index is 0.0315. The molecule has 1 N–H and O–H groups in total. The Morgan fingerprint density at radius 1 is 1.20 bits per heavy atom. The molecule has 1 aromatic carbocycles. The number of rotatable bonds is 5. The highest BCUT2D eigenvalue weighted by molar-refractivity contribution is 5.49. The van der Waals surface area contributed by atoms with E-state index in [0.29, 0.717) is 12.4 Å². The first kappa shape index (κ1) is 14.4. The van der Waals surface area contributed by atoms with Crippen LogP contribution in [-0.2, 0) is 6.18 Å². The molecule has 0 bridgehead atoms. The molecule has 3 nitrogen and oxygen atoms in total. The van der Waals surface area contributed by atoms with Gasteiger partial charge in [0.2, 0.25) is 0 Å². The average Bonchev–Trinajstić information content (AvgIpc) is 2.86. The van der Waals surface area contributed by atoms with Gasteiger partial charge in [-0.15, -0.1) is 0 Å². The normalized spacial score (nSPS) is 11.6. The van der Waals surface area contributed by atoms with Gasteiger partial charge in [0.15, 0.2) is 0 Å². The van der Waals surface area contributed by atoms with Gasteiger partial charge in [0, 0.05) is 12.6 Å². The van der Waals surface area contributed by atoms with Gasteiger partial charge in [-0.3, -0.25) is 0 Å². The van der Waals surface area contributed by atoms with Gasteiger partial charge in [0.1, 0.15) is 5.82 Å². The third kappa shape index (κ3) is 3.12. The number of anilines is 1. The van der Waals surface area contributed by atoms with Crippen molar-refractivity contribution in [2.45, 2.75) is 25.9 Å². The summed E-state index contributed by atoms with van der Waals surface area (Å²) in [5, 5.41) is 7.10. The highest BCUT2D eigenvalue weighted by atomic mass is 19.4. The molecule has 0 unspecified atom stereocenters. The molecule has 1 aromatic heterocycles. The number of hydrogen-bond acceptors (Lipinski definition) is 2. The molecule has 2 aromatic rings. The number of para-hydroxylation sites is 1. The van der Waals surface area contributed by atoms with Crippen molar-refractivity contribution in [3.05, 3.63) is 42.1 Å². The van der Waals surface area contributed by atoms with E-state index in [4.69, 9.17) is 0 Å². The summed E-state index contributed by atoms with van der Waals surface area (Å²) >= 11 is 0. The molecule has 6 heteroatoms. The van der Waals surface area contributed by atoms with E-state index in [9.17, 15) is 13.2 Å². The third-order valence-electron chi connectivity index (χ3n) is 2.92. The molecular formula is C14H16F3N3. The lowest BCUT2D eigenvalue weighted by Gasteiger charge is -2.15. The molecule has 0 aliphatic rings. The summed E-state index contributed by atoms with van der Waals surface area (Å²) in [7, 11) is 0. The van der Waals surface area contributed by atoms with Gasteiger partial charge in [-0.1, -0.05) is 25.5 Å². The maximum absolute atomic E-state index is 13.0. The van der Waals surface area contributed by atoms with Crippen molar-refractivity contribution in [1.82, 2.24) is 9.78 Å². The Balaban J connectivity index is 2.35. The minimum atomic E-state index is -4.40. The first-order valence-electron chi connectivity index (χ1n) is 6.48. The Kier molecular flexibility index (Phi) is 4.32. The van der Waals surface area contributed by atoms with E-state index >= 15 is 0 Å². The zero-order valence-corrected chi connectivity index (χ0v) is 11.1. The van der Waals surface area contributed by atoms with Gasteiger partial charge in [-0.05, 0) is 18.6 Å². The fraction of sp³-hybridized carbons (Fsp3) is 0.357. The van der Waals surface area contributed by atoms with Gasteiger partial charge in [-0.2, -0.15) is 18.3 Å². The van der Waals surface area contributed by atoms with E-state index in [2.05, 4.69) is 17.3 Å². The van der Waals surface area contributed by atoms with E-state index in [-0.39, 0.29) is 5.69 Å². The van der Waals surface area contributed by atoms with Crippen LogP contribution in [0.4, 0.5) is 19.0 Å². The van der Waals surface area contributed by atoms with Crippen LogP contribution in [0, 0.1) is 0 Å². The summed E-state index contributed by atoms with van der Waals surface area (Å²) in [6.07, 6.45) is -0.947. The molecule has 0 atom stereocenters. The number of benzene rings is 1. The lowest BCUT2D eigenvalue weighted by Crippen LogP contribution is -2.13. The third-order valence-corrected chi connectivity index (χ3v) is 2.92. The standard InChI is InChI=1S/C14H16F3N3/c1-2-3-9-18-13-8-10-19-20(13)12-7-5-4-6-11(12)14(15,16)17/h4-8,10,18H,2-3,9H2,1H3. The Labute approximate surface area is 115 Å². The maximum atomic E-state index is 13.0. The fourth-order valence-electron chi connectivity index (χ4n) is 1.92. The first-order chi connectivity index (χ1) is 9.54. The van der Waals surface area contributed by atoms with Crippen molar-refractivity contribution < 1.29 is 13.2 Å². The van der Waals surface area contributed by atoms with Crippen LogP contribution in [-0.4, -0.2) is 16.3 Å². The molecule has 0 aliphatic carbocycles. The lowest BCUT2D eigenvalue weighted by molar-refractivity contribution is -0.137. The second-order valence-electron chi connectivity index (χ2n) is 4.42. The molecule has 0 amide bonds. The quantitative estimate of drug-likeness (QED) is 0.837. The van der Waals surface area contributed by atoms with Gasteiger partial charge < -0.3 is 5.32 Å². The molecule has 0 fully saturated rings. The van der Waals surface area contributed by atoms with Crippen molar-refractivity contribution in [1.29, 1.82) is 0 Å². The van der Waals surface area contributed by atoms with E-state index in [1.807, 2.05) is 0 Å². The monoisotopic (exact) mass is 283 g/mol. The van der Waals surface area contributed by atoms with Crippen LogP contribution in [0.5, 0.6) is 0 Å². The summed E-state index contributed by atoms with van der Waals surface area (Å²) in [6.45, 7) is 2.76. The number of aromatic nitrogens is 2. The SMILES string of the molecule is CCCCNc1ccnn1-c1ccccc1C(F)(F)F. The van der Waals surface area contributed by atoms with Crippen LogP contribution in [0.1, 0.15) is 25.3 Å². The van der Waals surface area contributed by atoms with Crippen LogP contribution in [0.25, 0.3) is 5.69 Å². The number of hydrogen-bond donors (Lipinski definition) is 1. The van der Waals surface area contributed by atoms with Gasteiger partial charge in [0.25, 0.3) is 0 Å². The summed E-state index contributed by atoms with van der Waals surface area (Å²) in [4.78, 5) is 0. The zero-order chi connectivity index (χ0) is 14.6. The molecule has 2 rings (SSSR count). The molecule has 1 heterocycles. The topological polar surface area (TPSA) is 29.9 Å². The number of nitrogens with one attached hydrogen (secondary N) is 1. The molecule has 0 radical (unpaired) electrons. The Bertz CT molecular complexity index is 561. The van der Waals surface area contributed by atoms with E-state index in [1.165, 1.54) is 23.0 Å². The molecule has 0 saturated carbocycles. The van der Waals surface area contributed by atoms with Gasteiger partial charge in [0.05, 0.1) is 17.4 Å². The Morgan fingerprint density at radius 2 is 1.95 bits per heavy atom. The van der Waals surface area contributed by atoms with E-state index < -0.39 is 11.7 Å². The molecule has 0 aliphatic heterocycles. The van der Waals surface area contributed by atoms with E-state index in [1.54, 1.807) is 12.1 Å². The summed E-state index contributed by atoms with van der Waals surface area (Å²) in [6, 6.07) is 7.10. The second kappa shape index (κ2) is 5.98. The molecule has 108 valence electrons. The zero-order valence-electron chi connectivity index (χ0n) is 11.1. The maximum Gasteiger partial charge on any atom is 0.418 e. The Morgan fingerprint density at radius 3 is 2.65 bits per heavy atom. The largest absolute Gasteiger partial charge is 0.418 e. The molecule has 0 spiro atoms. The molecular weight excluding hydrogens is 267 g/mol. The van der Waals surface area contributed by atoms with Gasteiger partial charge >= 0.3 is 6.18 Å². The second-order valence-corrected chi connectivity index (χ2v) is 4.42. The van der Waals surface area contributed by atoms with Crippen LogP contribution in [0.2, 0.25) is 0 Å². The number of unbranched alkanes of at least 4 members (excludes halogenated alkanes) is 1. The predicted molar refractivity (Wildman–Crippen MR) is 72.0 cm³/mol. The lowest BCUT2D eigenvalue weighted by atomic mass is 10.1. The van der Waals surface area contributed by atoms with Crippen LogP contribution in [0.3, 0.4) is 0 Å². The average molecular weight is 283 g/mol. The molecule has 20 heavy (non-hydrogen) atoms. The summed E-state index contributed by atoms with van der Waals surface area (Å²) in [5.74, 6) is 0.565. The van der Waals surface area contributed by atoms with Crippen LogP contribution >= 0.6 is 0 Å². The van der Waals surface area contributed by atoms with Crippen molar-refractivity contribution in [2.75, 3.05) is 11.9 Å². The Hall–Kier alpha value is -1.98. The highest BCUT2D eigenvalue weighted by Crippen LogP contribution is 2.34.